The van der Waals surface area contributed by atoms with Gasteiger partial charge in [0.2, 0.25) is 5.91 Å². The predicted octanol–water partition coefficient (Wildman–Crippen LogP) is 1.03. The first-order chi connectivity index (χ1) is 10.3. The summed E-state index contributed by atoms with van der Waals surface area (Å²) < 4.78 is 1.62. The van der Waals surface area contributed by atoms with Gasteiger partial charge in [-0.1, -0.05) is 12.1 Å². The van der Waals surface area contributed by atoms with Gasteiger partial charge in [-0.2, -0.15) is 0 Å². The number of carbonyl (C=O) groups excluding carboxylic acids is 1. The second kappa shape index (κ2) is 6.36. The standard InChI is InChI=1S/C14H19N5OS/c1-2-15-7-12-9-19(17-16-12)10-14(20)18-5-3-13-11(8-18)4-6-21-13/h4,6,9,15H,2-3,5,7-8,10H2,1H3. The fourth-order valence-corrected chi connectivity index (χ4v) is 3.34. The van der Waals surface area contributed by atoms with Crippen molar-refractivity contribution in [2.24, 2.45) is 0 Å². The Labute approximate surface area is 127 Å². The highest BCUT2D eigenvalue weighted by molar-refractivity contribution is 7.10. The van der Waals surface area contributed by atoms with Gasteiger partial charge in [0.15, 0.2) is 0 Å². The highest BCUT2D eigenvalue weighted by Gasteiger charge is 2.21. The number of aromatic nitrogens is 3. The van der Waals surface area contributed by atoms with Crippen LogP contribution < -0.4 is 5.32 Å². The molecule has 6 nitrogen and oxygen atoms in total. The molecule has 0 aromatic carbocycles. The van der Waals surface area contributed by atoms with Gasteiger partial charge in [0.25, 0.3) is 0 Å². The summed E-state index contributed by atoms with van der Waals surface area (Å²) in [6.45, 7) is 5.40. The van der Waals surface area contributed by atoms with Crippen molar-refractivity contribution in [3.8, 4) is 0 Å². The first-order valence-corrected chi connectivity index (χ1v) is 8.07. The number of hydrogen-bond acceptors (Lipinski definition) is 5. The van der Waals surface area contributed by atoms with Crippen molar-refractivity contribution in [1.29, 1.82) is 0 Å². The number of amides is 1. The van der Waals surface area contributed by atoms with Gasteiger partial charge in [0.05, 0.1) is 11.9 Å². The number of carbonyl (C=O) groups is 1. The molecule has 0 bridgehead atoms. The molecule has 0 atom stereocenters. The van der Waals surface area contributed by atoms with Gasteiger partial charge >= 0.3 is 0 Å². The molecule has 1 aliphatic rings. The largest absolute Gasteiger partial charge is 0.336 e. The molecule has 3 heterocycles. The molecule has 0 saturated heterocycles. The van der Waals surface area contributed by atoms with Crippen LogP contribution in [0.2, 0.25) is 0 Å². The second-order valence-electron chi connectivity index (χ2n) is 5.12. The summed E-state index contributed by atoms with van der Waals surface area (Å²) in [7, 11) is 0. The lowest BCUT2D eigenvalue weighted by atomic mass is 10.1. The topological polar surface area (TPSA) is 63.1 Å². The molecule has 0 saturated carbocycles. The minimum atomic E-state index is 0.103. The smallest absolute Gasteiger partial charge is 0.244 e. The number of rotatable bonds is 5. The number of hydrogen-bond donors (Lipinski definition) is 1. The van der Waals surface area contributed by atoms with Crippen LogP contribution >= 0.6 is 11.3 Å². The van der Waals surface area contributed by atoms with Crippen molar-refractivity contribution in [3.05, 3.63) is 33.8 Å². The quantitative estimate of drug-likeness (QED) is 0.896. The van der Waals surface area contributed by atoms with E-state index in [4.69, 9.17) is 0 Å². The molecule has 2 aromatic heterocycles. The van der Waals surface area contributed by atoms with Gasteiger partial charge in [-0.3, -0.25) is 4.79 Å². The van der Waals surface area contributed by atoms with E-state index in [0.717, 1.165) is 31.7 Å². The minimum absolute atomic E-state index is 0.103. The molecule has 0 aliphatic carbocycles. The molecule has 1 N–H and O–H groups in total. The third kappa shape index (κ3) is 3.30. The lowest BCUT2D eigenvalue weighted by molar-refractivity contribution is -0.133. The molecule has 1 amide bonds. The highest BCUT2D eigenvalue weighted by Crippen LogP contribution is 2.24. The Morgan fingerprint density at radius 1 is 1.52 bits per heavy atom. The Bertz CT molecular complexity index is 620. The van der Waals surface area contributed by atoms with Crippen LogP contribution in [0, 0.1) is 0 Å². The maximum absolute atomic E-state index is 12.3. The Kier molecular flexibility index (Phi) is 4.31. The minimum Gasteiger partial charge on any atom is -0.336 e. The van der Waals surface area contributed by atoms with Crippen LogP contribution in [0.25, 0.3) is 0 Å². The molecule has 0 unspecified atom stereocenters. The SMILES string of the molecule is CCNCc1cn(CC(=O)N2CCc3sccc3C2)nn1. The van der Waals surface area contributed by atoms with Gasteiger partial charge in [-0.15, -0.1) is 16.4 Å². The fraction of sp³-hybridized carbons (Fsp3) is 0.500. The third-order valence-corrected chi connectivity index (χ3v) is 4.62. The molecule has 21 heavy (non-hydrogen) atoms. The Morgan fingerprint density at radius 3 is 3.29 bits per heavy atom. The van der Waals surface area contributed by atoms with Crippen LogP contribution in [0.4, 0.5) is 0 Å². The summed E-state index contributed by atoms with van der Waals surface area (Å²) in [5.74, 6) is 0.103. The zero-order chi connectivity index (χ0) is 14.7. The number of nitrogens with zero attached hydrogens (tertiary/aromatic N) is 4. The van der Waals surface area contributed by atoms with E-state index in [1.54, 1.807) is 16.0 Å². The van der Waals surface area contributed by atoms with Crippen molar-refractivity contribution in [2.45, 2.75) is 33.0 Å². The second-order valence-corrected chi connectivity index (χ2v) is 6.12. The lowest BCUT2D eigenvalue weighted by Gasteiger charge is -2.26. The summed E-state index contributed by atoms with van der Waals surface area (Å²) in [5, 5.41) is 13.4. The molecule has 1 aliphatic heterocycles. The highest BCUT2D eigenvalue weighted by atomic mass is 32.1. The zero-order valence-electron chi connectivity index (χ0n) is 12.1. The fourth-order valence-electron chi connectivity index (χ4n) is 2.45. The first-order valence-electron chi connectivity index (χ1n) is 7.19. The van der Waals surface area contributed by atoms with E-state index in [-0.39, 0.29) is 12.5 Å². The number of nitrogens with one attached hydrogen (secondary N) is 1. The summed E-state index contributed by atoms with van der Waals surface area (Å²) in [6, 6.07) is 2.11. The van der Waals surface area contributed by atoms with Crippen molar-refractivity contribution in [3.63, 3.8) is 0 Å². The molecule has 2 aromatic rings. The Hall–Kier alpha value is -1.73. The summed E-state index contributed by atoms with van der Waals surface area (Å²) in [6.07, 6.45) is 2.79. The summed E-state index contributed by atoms with van der Waals surface area (Å²) in [5.41, 5.74) is 2.15. The van der Waals surface area contributed by atoms with E-state index < -0.39 is 0 Å². The van der Waals surface area contributed by atoms with Crippen LogP contribution in [0.3, 0.4) is 0 Å². The zero-order valence-corrected chi connectivity index (χ0v) is 12.9. The monoisotopic (exact) mass is 305 g/mol. The summed E-state index contributed by atoms with van der Waals surface area (Å²) in [4.78, 5) is 15.7. The first kappa shape index (κ1) is 14.2. The molecule has 0 spiro atoms. The lowest BCUT2D eigenvalue weighted by Crippen LogP contribution is -2.37. The molecule has 0 radical (unpaired) electrons. The predicted molar refractivity (Wildman–Crippen MR) is 80.8 cm³/mol. The molecular formula is C14H19N5OS. The van der Waals surface area contributed by atoms with E-state index in [9.17, 15) is 4.79 Å². The van der Waals surface area contributed by atoms with E-state index in [1.165, 1.54) is 10.4 Å². The Morgan fingerprint density at radius 2 is 2.43 bits per heavy atom. The van der Waals surface area contributed by atoms with E-state index in [2.05, 4.69) is 27.1 Å². The number of fused-ring (bicyclic) bond motifs is 1. The molecule has 112 valence electrons. The average Bonchev–Trinajstić information content (AvgIpc) is 3.12. The van der Waals surface area contributed by atoms with E-state index in [0.29, 0.717) is 6.54 Å². The van der Waals surface area contributed by atoms with Gasteiger partial charge in [-0.25, -0.2) is 4.68 Å². The maximum Gasteiger partial charge on any atom is 0.244 e. The molecule has 7 heteroatoms. The maximum atomic E-state index is 12.3. The van der Waals surface area contributed by atoms with E-state index >= 15 is 0 Å². The summed E-state index contributed by atoms with van der Waals surface area (Å²) >= 11 is 1.78. The molecule has 3 rings (SSSR count). The van der Waals surface area contributed by atoms with Crippen LogP contribution in [0.5, 0.6) is 0 Å². The van der Waals surface area contributed by atoms with Gasteiger partial charge < -0.3 is 10.2 Å². The van der Waals surface area contributed by atoms with Gasteiger partial charge in [0.1, 0.15) is 6.54 Å². The molecule has 0 fully saturated rings. The van der Waals surface area contributed by atoms with Crippen LogP contribution in [-0.2, 0) is 30.8 Å². The van der Waals surface area contributed by atoms with Crippen molar-refractivity contribution in [2.75, 3.05) is 13.1 Å². The van der Waals surface area contributed by atoms with Crippen molar-refractivity contribution >= 4 is 17.2 Å². The van der Waals surface area contributed by atoms with Crippen LogP contribution in [0.15, 0.2) is 17.6 Å². The van der Waals surface area contributed by atoms with Gasteiger partial charge in [0, 0.05) is 24.5 Å². The van der Waals surface area contributed by atoms with E-state index in [1.807, 2.05) is 18.0 Å². The third-order valence-electron chi connectivity index (χ3n) is 3.60. The van der Waals surface area contributed by atoms with Crippen molar-refractivity contribution in [1.82, 2.24) is 25.2 Å². The van der Waals surface area contributed by atoms with Crippen LogP contribution in [0.1, 0.15) is 23.1 Å². The average molecular weight is 305 g/mol. The number of thiophene rings is 1. The Balaban J connectivity index is 1.58. The van der Waals surface area contributed by atoms with Crippen molar-refractivity contribution < 1.29 is 4.79 Å². The van der Waals surface area contributed by atoms with Crippen LogP contribution in [-0.4, -0.2) is 38.9 Å². The van der Waals surface area contributed by atoms with Gasteiger partial charge in [-0.05, 0) is 30.0 Å². The molecular weight excluding hydrogens is 286 g/mol. The normalized spacial score (nSPS) is 14.2.